The third kappa shape index (κ3) is 2.79. The van der Waals surface area contributed by atoms with Gasteiger partial charge in [-0.25, -0.2) is 4.39 Å². The van der Waals surface area contributed by atoms with Crippen LogP contribution in [-0.4, -0.2) is 24.5 Å². The highest BCUT2D eigenvalue weighted by atomic mass is 35.5. The topological polar surface area (TPSA) is 29.5 Å². The molecule has 3 nitrogen and oxygen atoms in total. The molecule has 1 aliphatic heterocycles. The van der Waals surface area contributed by atoms with E-state index in [1.54, 1.807) is 12.0 Å². The Balaban J connectivity index is 1.97. The summed E-state index contributed by atoms with van der Waals surface area (Å²) in [7, 11) is 1.61. The van der Waals surface area contributed by atoms with E-state index in [2.05, 4.69) is 0 Å². The number of nitrogens with zero attached hydrogens (tertiary/aromatic N) is 1. The van der Waals surface area contributed by atoms with Crippen molar-refractivity contribution in [3.8, 4) is 5.75 Å². The summed E-state index contributed by atoms with van der Waals surface area (Å²) in [5.74, 6) is -0.228. The van der Waals surface area contributed by atoms with Gasteiger partial charge in [0.2, 0.25) is 0 Å². The molecular weight excluding hydrogens is 317 g/mol. The van der Waals surface area contributed by atoms with Gasteiger partial charge in [-0.3, -0.25) is 4.79 Å². The smallest absolute Gasteiger partial charge is 0.258 e. The van der Waals surface area contributed by atoms with Crippen LogP contribution in [0.4, 0.5) is 4.39 Å². The van der Waals surface area contributed by atoms with Gasteiger partial charge in [-0.15, -0.1) is 0 Å². The lowest BCUT2D eigenvalue weighted by Gasteiger charge is -2.35. The van der Waals surface area contributed by atoms with E-state index in [0.29, 0.717) is 6.54 Å². The van der Waals surface area contributed by atoms with Crippen molar-refractivity contribution in [2.75, 3.05) is 13.7 Å². The van der Waals surface area contributed by atoms with E-state index in [4.69, 9.17) is 16.3 Å². The summed E-state index contributed by atoms with van der Waals surface area (Å²) in [6, 6.07) is 9.97. The molecule has 1 heterocycles. The quantitative estimate of drug-likeness (QED) is 0.822. The molecule has 0 radical (unpaired) electrons. The zero-order valence-corrected chi connectivity index (χ0v) is 13.7. The predicted molar refractivity (Wildman–Crippen MR) is 87.6 cm³/mol. The SMILES string of the molecule is COc1ccc2c(c1)C(C)N(C(=O)c1c(F)cccc1Cl)CC2. The number of methoxy groups -OCH3 is 1. The zero-order valence-electron chi connectivity index (χ0n) is 13.0. The van der Waals surface area contributed by atoms with Crippen LogP contribution in [0.1, 0.15) is 34.5 Å². The molecule has 0 saturated heterocycles. The van der Waals surface area contributed by atoms with Gasteiger partial charge in [0.25, 0.3) is 5.91 Å². The van der Waals surface area contributed by atoms with Gasteiger partial charge >= 0.3 is 0 Å². The highest BCUT2D eigenvalue weighted by Gasteiger charge is 2.31. The minimum absolute atomic E-state index is 0.0626. The van der Waals surface area contributed by atoms with Gasteiger partial charge in [-0.1, -0.05) is 23.7 Å². The van der Waals surface area contributed by atoms with Gasteiger partial charge < -0.3 is 9.64 Å². The fourth-order valence-corrected chi connectivity index (χ4v) is 3.29. The van der Waals surface area contributed by atoms with Crippen molar-refractivity contribution in [3.05, 3.63) is 63.9 Å². The number of fused-ring (bicyclic) bond motifs is 1. The molecule has 0 fully saturated rings. The van der Waals surface area contributed by atoms with Gasteiger partial charge in [0.05, 0.1) is 23.7 Å². The molecule has 1 amide bonds. The summed E-state index contributed by atoms with van der Waals surface area (Å²) in [6.07, 6.45) is 0.724. The zero-order chi connectivity index (χ0) is 16.6. The number of carbonyl (C=O) groups is 1. The number of rotatable bonds is 2. The molecule has 23 heavy (non-hydrogen) atoms. The van der Waals surface area contributed by atoms with E-state index in [1.807, 2.05) is 25.1 Å². The standard InChI is InChI=1S/C18H17ClFNO2/c1-11-14-10-13(23-2)7-6-12(14)8-9-21(11)18(22)17-15(19)4-3-5-16(17)20/h3-7,10-11H,8-9H2,1-2H3. The van der Waals surface area contributed by atoms with Crippen molar-refractivity contribution in [2.24, 2.45) is 0 Å². The number of amides is 1. The van der Waals surface area contributed by atoms with Gasteiger partial charge in [0.15, 0.2) is 0 Å². The van der Waals surface area contributed by atoms with Crippen molar-refractivity contribution in [1.29, 1.82) is 0 Å². The number of benzene rings is 2. The molecule has 2 aromatic rings. The predicted octanol–water partition coefficient (Wildman–Crippen LogP) is 4.25. The second kappa shape index (κ2) is 6.20. The fraction of sp³-hybridized carbons (Fsp3) is 0.278. The second-order valence-corrected chi connectivity index (χ2v) is 5.99. The highest BCUT2D eigenvalue weighted by Crippen LogP contribution is 2.34. The first-order valence-electron chi connectivity index (χ1n) is 7.44. The lowest BCUT2D eigenvalue weighted by molar-refractivity contribution is 0.0673. The van der Waals surface area contributed by atoms with E-state index in [0.717, 1.165) is 17.7 Å². The Bertz CT molecular complexity index is 742. The Labute approximate surface area is 139 Å². The van der Waals surface area contributed by atoms with Crippen LogP contribution in [0.2, 0.25) is 5.02 Å². The first-order chi connectivity index (χ1) is 11.0. The van der Waals surface area contributed by atoms with Crippen LogP contribution >= 0.6 is 11.6 Å². The van der Waals surface area contributed by atoms with Crippen molar-refractivity contribution in [2.45, 2.75) is 19.4 Å². The summed E-state index contributed by atoms with van der Waals surface area (Å²) in [5.41, 5.74) is 2.14. The lowest BCUT2D eigenvalue weighted by atomic mass is 9.92. The Morgan fingerprint density at radius 2 is 2.13 bits per heavy atom. The molecule has 1 unspecified atom stereocenters. The van der Waals surface area contributed by atoms with Gasteiger partial charge in [0.1, 0.15) is 11.6 Å². The molecule has 0 N–H and O–H groups in total. The first kappa shape index (κ1) is 15.8. The van der Waals surface area contributed by atoms with Crippen molar-refractivity contribution < 1.29 is 13.9 Å². The Kier molecular flexibility index (Phi) is 4.26. The average molecular weight is 334 g/mol. The van der Waals surface area contributed by atoms with Crippen LogP contribution in [0.15, 0.2) is 36.4 Å². The summed E-state index contributed by atoms with van der Waals surface area (Å²) >= 11 is 6.03. The third-order valence-electron chi connectivity index (χ3n) is 4.33. The highest BCUT2D eigenvalue weighted by molar-refractivity contribution is 6.33. The lowest BCUT2D eigenvalue weighted by Crippen LogP contribution is -2.39. The number of ether oxygens (including phenoxy) is 1. The van der Waals surface area contributed by atoms with Crippen LogP contribution in [-0.2, 0) is 6.42 Å². The van der Waals surface area contributed by atoms with Gasteiger partial charge in [-0.05, 0) is 48.7 Å². The summed E-state index contributed by atoms with van der Waals surface area (Å²) in [5, 5.41) is 0.138. The molecular formula is C18H17ClFNO2. The number of hydrogen-bond donors (Lipinski definition) is 0. The van der Waals surface area contributed by atoms with Crippen LogP contribution < -0.4 is 4.74 Å². The molecule has 5 heteroatoms. The van der Waals surface area contributed by atoms with Crippen molar-refractivity contribution >= 4 is 17.5 Å². The molecule has 1 atom stereocenters. The molecule has 0 aliphatic carbocycles. The number of halogens is 2. The Morgan fingerprint density at radius 1 is 1.35 bits per heavy atom. The first-order valence-corrected chi connectivity index (χ1v) is 7.82. The molecule has 0 aromatic heterocycles. The molecule has 0 saturated carbocycles. The van der Waals surface area contributed by atoms with E-state index in [1.165, 1.54) is 23.8 Å². The number of carbonyl (C=O) groups excluding carboxylic acids is 1. The minimum Gasteiger partial charge on any atom is -0.497 e. The normalized spacial score (nSPS) is 16.9. The largest absolute Gasteiger partial charge is 0.497 e. The summed E-state index contributed by atoms with van der Waals surface area (Å²) in [4.78, 5) is 14.4. The minimum atomic E-state index is -0.592. The van der Waals surface area contributed by atoms with Crippen molar-refractivity contribution in [1.82, 2.24) is 4.90 Å². The third-order valence-corrected chi connectivity index (χ3v) is 4.65. The van der Waals surface area contributed by atoms with Crippen LogP contribution in [0, 0.1) is 5.82 Å². The van der Waals surface area contributed by atoms with E-state index in [-0.39, 0.29) is 22.5 Å². The Morgan fingerprint density at radius 3 is 2.83 bits per heavy atom. The number of hydrogen-bond acceptors (Lipinski definition) is 2. The maximum absolute atomic E-state index is 14.0. The maximum Gasteiger partial charge on any atom is 0.258 e. The van der Waals surface area contributed by atoms with Crippen LogP contribution in [0.3, 0.4) is 0 Å². The summed E-state index contributed by atoms with van der Waals surface area (Å²) in [6.45, 7) is 2.47. The van der Waals surface area contributed by atoms with E-state index >= 15 is 0 Å². The maximum atomic E-state index is 14.0. The van der Waals surface area contributed by atoms with Crippen molar-refractivity contribution in [3.63, 3.8) is 0 Å². The van der Waals surface area contributed by atoms with Crippen LogP contribution in [0.25, 0.3) is 0 Å². The average Bonchev–Trinajstić information content (AvgIpc) is 2.54. The molecule has 0 spiro atoms. The van der Waals surface area contributed by atoms with E-state index < -0.39 is 5.82 Å². The summed E-state index contributed by atoms with van der Waals surface area (Å²) < 4.78 is 19.3. The fourth-order valence-electron chi connectivity index (χ4n) is 3.04. The van der Waals surface area contributed by atoms with E-state index in [9.17, 15) is 9.18 Å². The van der Waals surface area contributed by atoms with Gasteiger partial charge in [-0.2, -0.15) is 0 Å². The molecule has 1 aliphatic rings. The molecule has 120 valence electrons. The Hall–Kier alpha value is -2.07. The molecule has 0 bridgehead atoms. The molecule has 3 rings (SSSR count). The van der Waals surface area contributed by atoms with Crippen LogP contribution in [0.5, 0.6) is 5.75 Å². The van der Waals surface area contributed by atoms with Gasteiger partial charge in [0, 0.05) is 6.54 Å². The second-order valence-electron chi connectivity index (χ2n) is 5.59. The molecule has 2 aromatic carbocycles. The monoisotopic (exact) mass is 333 g/mol.